The number of nitrogens with one attached hydrogen (secondary N) is 1. The van der Waals surface area contributed by atoms with Crippen LogP contribution in [-0.2, 0) is 0 Å². The van der Waals surface area contributed by atoms with Gasteiger partial charge in [0, 0.05) is 24.2 Å². The van der Waals surface area contributed by atoms with Crippen LogP contribution in [0.2, 0.25) is 0 Å². The summed E-state index contributed by atoms with van der Waals surface area (Å²) in [6.45, 7) is 4.29. The maximum Gasteiger partial charge on any atom is 0.339 e. The second kappa shape index (κ2) is 8.94. The van der Waals surface area contributed by atoms with E-state index < -0.39 is 5.97 Å². The maximum atomic E-state index is 11.6. The van der Waals surface area contributed by atoms with Crippen molar-refractivity contribution in [2.75, 3.05) is 11.9 Å². The van der Waals surface area contributed by atoms with Crippen molar-refractivity contribution in [1.82, 2.24) is 15.0 Å². The lowest BCUT2D eigenvalue weighted by atomic mass is 10.1. The van der Waals surface area contributed by atoms with Crippen molar-refractivity contribution in [3.05, 3.63) is 66.1 Å². The van der Waals surface area contributed by atoms with Gasteiger partial charge in [-0.3, -0.25) is 4.98 Å². The van der Waals surface area contributed by atoms with Crippen LogP contribution in [0.4, 0.5) is 5.95 Å². The van der Waals surface area contributed by atoms with Gasteiger partial charge in [0.25, 0.3) is 0 Å². The highest BCUT2D eigenvalue weighted by Crippen LogP contribution is 2.27. The smallest absolute Gasteiger partial charge is 0.339 e. The number of rotatable bonds is 8. The average molecular weight is 378 g/mol. The average Bonchev–Trinajstić information content (AvgIpc) is 2.73. The van der Waals surface area contributed by atoms with E-state index in [9.17, 15) is 9.90 Å². The molecule has 0 saturated carbocycles. The lowest BCUT2D eigenvalue weighted by Gasteiger charge is -2.17. The Kier molecular flexibility index (Phi) is 6.16. The summed E-state index contributed by atoms with van der Waals surface area (Å²) in [6.07, 6.45) is 6.01. The van der Waals surface area contributed by atoms with Gasteiger partial charge < -0.3 is 15.2 Å². The molecule has 2 heterocycles. The second-order valence-corrected chi connectivity index (χ2v) is 6.10. The van der Waals surface area contributed by atoms with Gasteiger partial charge in [-0.15, -0.1) is 0 Å². The first-order valence-corrected chi connectivity index (χ1v) is 9.12. The number of carboxylic acids is 1. The first-order valence-electron chi connectivity index (χ1n) is 9.12. The van der Waals surface area contributed by atoms with E-state index in [4.69, 9.17) is 4.74 Å². The summed E-state index contributed by atoms with van der Waals surface area (Å²) in [5.74, 6) is -0.219. The molecule has 0 aliphatic rings. The maximum absolute atomic E-state index is 11.6. The number of pyridine rings is 1. The number of hydrogen-bond acceptors (Lipinski definition) is 6. The molecule has 0 radical (unpaired) electrons. The summed E-state index contributed by atoms with van der Waals surface area (Å²) in [4.78, 5) is 24.5. The molecule has 0 spiro atoms. The third-order valence-corrected chi connectivity index (χ3v) is 4.28. The Labute approximate surface area is 163 Å². The number of carboxylic acid groups (broad SMARTS) is 1. The quantitative estimate of drug-likeness (QED) is 0.606. The van der Waals surface area contributed by atoms with Gasteiger partial charge in [-0.1, -0.05) is 6.92 Å². The van der Waals surface area contributed by atoms with Crippen molar-refractivity contribution in [3.63, 3.8) is 0 Å². The van der Waals surface area contributed by atoms with Crippen molar-refractivity contribution in [2.45, 2.75) is 26.3 Å². The number of carbonyl (C=O) groups is 1. The predicted octanol–water partition coefficient (Wildman–Crippen LogP) is 4.20. The van der Waals surface area contributed by atoms with Crippen LogP contribution < -0.4 is 10.1 Å². The normalized spacial score (nSPS) is 11.6. The fourth-order valence-corrected chi connectivity index (χ4v) is 2.90. The van der Waals surface area contributed by atoms with Crippen LogP contribution in [0.15, 0.2) is 55.0 Å². The van der Waals surface area contributed by atoms with Crippen molar-refractivity contribution in [1.29, 1.82) is 0 Å². The molecule has 0 fully saturated rings. The van der Waals surface area contributed by atoms with Crippen molar-refractivity contribution in [3.8, 4) is 17.0 Å². The van der Waals surface area contributed by atoms with E-state index in [1.54, 1.807) is 42.9 Å². The predicted molar refractivity (Wildman–Crippen MR) is 106 cm³/mol. The number of ether oxygens (including phenoxy) is 1. The molecule has 0 aliphatic heterocycles. The molecule has 0 bridgehead atoms. The Hall–Kier alpha value is -3.48. The molecule has 0 saturated heterocycles. The van der Waals surface area contributed by atoms with Crippen LogP contribution in [0, 0.1) is 0 Å². The molecule has 0 unspecified atom stereocenters. The fraction of sp³-hybridized carbons (Fsp3) is 0.238. The summed E-state index contributed by atoms with van der Waals surface area (Å²) >= 11 is 0. The molecule has 2 aromatic heterocycles. The van der Waals surface area contributed by atoms with Crippen LogP contribution in [0.1, 0.15) is 42.2 Å². The molecule has 3 aromatic rings. The van der Waals surface area contributed by atoms with Crippen molar-refractivity contribution >= 4 is 11.9 Å². The zero-order valence-corrected chi connectivity index (χ0v) is 15.8. The molecule has 28 heavy (non-hydrogen) atoms. The van der Waals surface area contributed by atoms with E-state index in [1.165, 1.54) is 0 Å². The molecule has 1 aromatic carbocycles. The lowest BCUT2D eigenvalue weighted by molar-refractivity contribution is 0.0692. The van der Waals surface area contributed by atoms with Gasteiger partial charge in [-0.05, 0) is 55.3 Å². The van der Waals surface area contributed by atoms with Gasteiger partial charge in [-0.2, -0.15) is 0 Å². The van der Waals surface area contributed by atoms with Crippen molar-refractivity contribution in [2.24, 2.45) is 0 Å². The number of aromatic nitrogens is 3. The SMILES string of the molecule is CCOc1ccc(-c2ccnc(N[C@H](CC)c3ccncc3)n2)cc1C(=O)O. The molecule has 0 amide bonds. The third kappa shape index (κ3) is 4.43. The fourth-order valence-electron chi connectivity index (χ4n) is 2.90. The molecule has 7 heteroatoms. The highest BCUT2D eigenvalue weighted by Gasteiger charge is 2.15. The lowest BCUT2D eigenvalue weighted by Crippen LogP contribution is -2.12. The summed E-state index contributed by atoms with van der Waals surface area (Å²) < 4.78 is 5.40. The summed E-state index contributed by atoms with van der Waals surface area (Å²) in [7, 11) is 0. The van der Waals surface area contributed by atoms with E-state index in [2.05, 4.69) is 27.2 Å². The Morgan fingerprint density at radius 1 is 1.14 bits per heavy atom. The summed E-state index contributed by atoms with van der Waals surface area (Å²) in [5.41, 5.74) is 2.52. The van der Waals surface area contributed by atoms with Crippen molar-refractivity contribution < 1.29 is 14.6 Å². The number of aromatic carboxylic acids is 1. The number of benzene rings is 1. The minimum atomic E-state index is -1.04. The molecule has 0 aliphatic carbocycles. The van der Waals surface area contributed by atoms with E-state index >= 15 is 0 Å². The van der Waals surface area contributed by atoms with E-state index in [-0.39, 0.29) is 11.6 Å². The third-order valence-electron chi connectivity index (χ3n) is 4.28. The Morgan fingerprint density at radius 2 is 1.93 bits per heavy atom. The van der Waals surface area contributed by atoms with Crippen LogP contribution in [0.3, 0.4) is 0 Å². The molecule has 3 rings (SSSR count). The Bertz CT molecular complexity index is 947. The Morgan fingerprint density at radius 3 is 2.61 bits per heavy atom. The van der Waals surface area contributed by atoms with Gasteiger partial charge in [-0.25, -0.2) is 14.8 Å². The topological polar surface area (TPSA) is 97.2 Å². The highest BCUT2D eigenvalue weighted by atomic mass is 16.5. The van der Waals surface area contributed by atoms with Gasteiger partial charge in [0.15, 0.2) is 0 Å². The zero-order chi connectivity index (χ0) is 19.9. The second-order valence-electron chi connectivity index (χ2n) is 6.10. The van der Waals surface area contributed by atoms with Gasteiger partial charge >= 0.3 is 5.97 Å². The number of anilines is 1. The van der Waals surface area contributed by atoms with Gasteiger partial charge in [0.1, 0.15) is 11.3 Å². The zero-order valence-electron chi connectivity index (χ0n) is 15.8. The van der Waals surface area contributed by atoms with E-state index in [0.29, 0.717) is 29.6 Å². The molecule has 144 valence electrons. The van der Waals surface area contributed by atoms with Crippen LogP contribution >= 0.6 is 0 Å². The summed E-state index contributed by atoms with van der Waals surface area (Å²) in [6, 6.07) is 10.7. The molecular formula is C21H22N4O3. The van der Waals surface area contributed by atoms with Gasteiger partial charge in [0.2, 0.25) is 5.95 Å². The van der Waals surface area contributed by atoms with E-state index in [1.807, 2.05) is 19.1 Å². The molecule has 2 N–H and O–H groups in total. The molecular weight excluding hydrogens is 356 g/mol. The molecule has 1 atom stereocenters. The Balaban J connectivity index is 1.89. The monoisotopic (exact) mass is 378 g/mol. The minimum Gasteiger partial charge on any atom is -0.493 e. The van der Waals surface area contributed by atoms with Crippen LogP contribution in [0.25, 0.3) is 11.3 Å². The standard InChI is InChI=1S/C21H22N4O3/c1-3-17(14-7-10-22-11-8-14)24-21-23-12-9-18(25-21)15-5-6-19(28-4-2)16(13-15)20(26)27/h5-13,17H,3-4H2,1-2H3,(H,26,27)(H,23,24,25)/t17-/m1/s1. The first kappa shape index (κ1) is 19.3. The van der Waals surface area contributed by atoms with Gasteiger partial charge in [0.05, 0.1) is 18.3 Å². The molecule has 7 nitrogen and oxygen atoms in total. The summed E-state index contributed by atoms with van der Waals surface area (Å²) in [5, 5.41) is 12.8. The number of nitrogens with zero attached hydrogens (tertiary/aromatic N) is 3. The number of hydrogen-bond donors (Lipinski definition) is 2. The first-order chi connectivity index (χ1) is 13.6. The van der Waals surface area contributed by atoms with Crippen LogP contribution in [0.5, 0.6) is 5.75 Å². The highest BCUT2D eigenvalue weighted by molar-refractivity contribution is 5.92. The minimum absolute atomic E-state index is 0.0492. The van der Waals surface area contributed by atoms with E-state index in [0.717, 1.165) is 12.0 Å². The largest absolute Gasteiger partial charge is 0.493 e. The van der Waals surface area contributed by atoms with Crippen LogP contribution in [-0.4, -0.2) is 32.6 Å².